The van der Waals surface area contributed by atoms with Gasteiger partial charge in [-0.15, -0.1) is 0 Å². The average molecular weight is 462 g/mol. The van der Waals surface area contributed by atoms with Gasteiger partial charge in [0.05, 0.1) is 11.7 Å². The second-order valence-corrected chi connectivity index (χ2v) is 9.67. The summed E-state index contributed by atoms with van der Waals surface area (Å²) in [5.41, 5.74) is -0.814. The third-order valence-electron chi connectivity index (χ3n) is 5.76. The molecule has 1 heterocycles. The number of ketones is 1. The van der Waals surface area contributed by atoms with Gasteiger partial charge in [0.2, 0.25) is 11.8 Å². The van der Waals surface area contributed by atoms with Crippen LogP contribution < -0.4 is 10.6 Å². The number of amides is 2. The number of Topliss-reactive ketones (excluding diaryl/α,β-unsaturated/α-hetero) is 1. The molecule has 1 aromatic carbocycles. The maximum Gasteiger partial charge on any atom is 0.224 e. The molecule has 1 aromatic rings. The summed E-state index contributed by atoms with van der Waals surface area (Å²) in [5, 5.41) is 26.2. The van der Waals surface area contributed by atoms with Crippen LogP contribution in [0.2, 0.25) is 5.02 Å². The Labute approximate surface area is 194 Å². The zero-order valence-corrected chi connectivity index (χ0v) is 19.6. The second-order valence-electron chi connectivity index (χ2n) is 9.23. The normalized spacial score (nSPS) is 19.5. The zero-order chi connectivity index (χ0) is 23.9. The fourth-order valence-corrected chi connectivity index (χ4v) is 4.21. The Morgan fingerprint density at radius 2 is 2.00 bits per heavy atom. The molecule has 2 rings (SSSR count). The molecule has 1 unspecified atom stereocenters. The highest BCUT2D eigenvalue weighted by Crippen LogP contribution is 2.28. The quantitative estimate of drug-likeness (QED) is 0.467. The summed E-state index contributed by atoms with van der Waals surface area (Å²) < 4.78 is 0. The van der Waals surface area contributed by atoms with Gasteiger partial charge < -0.3 is 15.7 Å². The number of hydrogen-bond acceptors (Lipinski definition) is 5. The first kappa shape index (κ1) is 25.8. The number of nitrogens with one attached hydrogen (secondary N) is 2. The molecule has 1 aliphatic heterocycles. The number of nitriles is 1. The molecule has 8 heteroatoms. The minimum atomic E-state index is -1.38. The van der Waals surface area contributed by atoms with Crippen LogP contribution in [0, 0.1) is 29.1 Å². The van der Waals surface area contributed by atoms with E-state index in [1.165, 1.54) is 0 Å². The fourth-order valence-electron chi connectivity index (χ4n) is 4.08. The second kappa shape index (κ2) is 11.4. The van der Waals surface area contributed by atoms with Gasteiger partial charge in [-0.2, -0.15) is 5.26 Å². The molecule has 0 aliphatic carbocycles. The molecular formula is C24H32ClN3O4. The van der Waals surface area contributed by atoms with E-state index < -0.39 is 17.6 Å². The lowest BCUT2D eigenvalue weighted by Gasteiger charge is -2.25. The van der Waals surface area contributed by atoms with Crippen molar-refractivity contribution in [3.8, 4) is 6.07 Å². The molecule has 1 aliphatic rings. The van der Waals surface area contributed by atoms with Crippen LogP contribution in [-0.2, 0) is 20.0 Å². The van der Waals surface area contributed by atoms with Gasteiger partial charge in [-0.05, 0) is 49.8 Å². The molecule has 174 valence electrons. The Morgan fingerprint density at radius 1 is 1.34 bits per heavy atom. The number of nitrogens with zero attached hydrogens (tertiary/aromatic N) is 1. The Kier molecular flexibility index (Phi) is 9.23. The van der Waals surface area contributed by atoms with Crippen molar-refractivity contribution in [2.45, 2.75) is 64.5 Å². The third kappa shape index (κ3) is 7.61. The Morgan fingerprint density at radius 3 is 2.53 bits per heavy atom. The molecule has 32 heavy (non-hydrogen) atoms. The van der Waals surface area contributed by atoms with E-state index in [2.05, 4.69) is 16.7 Å². The van der Waals surface area contributed by atoms with Crippen LogP contribution in [0.15, 0.2) is 24.3 Å². The van der Waals surface area contributed by atoms with E-state index in [0.717, 1.165) is 0 Å². The van der Waals surface area contributed by atoms with Crippen LogP contribution in [0.3, 0.4) is 0 Å². The van der Waals surface area contributed by atoms with Gasteiger partial charge in [0.15, 0.2) is 0 Å². The first-order valence-electron chi connectivity index (χ1n) is 11.0. The van der Waals surface area contributed by atoms with Gasteiger partial charge in [-0.25, -0.2) is 0 Å². The molecule has 1 fully saturated rings. The lowest BCUT2D eigenvalue weighted by molar-refractivity contribution is -0.132. The molecular weight excluding hydrogens is 430 g/mol. The average Bonchev–Trinajstić information content (AvgIpc) is 3.10. The molecule has 4 atom stereocenters. The number of aliphatic hydroxyl groups is 1. The SMILES string of the molecule is CC(C)C[C@H](CC(=O)CC(C)(O)c1ccc(Cl)cc1)C(=O)N[C@H](C#N)C[C@@H]1CCNC1=O. The zero-order valence-electron chi connectivity index (χ0n) is 18.9. The van der Waals surface area contributed by atoms with Crippen molar-refractivity contribution >= 4 is 29.2 Å². The Balaban J connectivity index is 2.02. The van der Waals surface area contributed by atoms with E-state index in [0.29, 0.717) is 30.0 Å². The molecule has 2 amide bonds. The highest BCUT2D eigenvalue weighted by atomic mass is 35.5. The number of rotatable bonds is 11. The van der Waals surface area contributed by atoms with Crippen molar-refractivity contribution < 1.29 is 19.5 Å². The summed E-state index contributed by atoms with van der Waals surface area (Å²) in [5.74, 6) is -1.46. The smallest absolute Gasteiger partial charge is 0.224 e. The first-order valence-corrected chi connectivity index (χ1v) is 11.4. The van der Waals surface area contributed by atoms with Crippen LogP contribution in [0.1, 0.15) is 58.4 Å². The third-order valence-corrected chi connectivity index (χ3v) is 6.02. The van der Waals surface area contributed by atoms with Gasteiger partial charge in [0.1, 0.15) is 11.8 Å². The van der Waals surface area contributed by atoms with Crippen molar-refractivity contribution in [3.05, 3.63) is 34.9 Å². The standard InChI is InChI=1S/C24H32ClN3O4/c1-15(2)10-17(23(31)28-20(14-26)11-16-8-9-27-22(16)30)12-21(29)13-24(3,32)18-4-6-19(25)7-5-18/h4-7,15-17,20,32H,8-13H2,1-3H3,(H,27,30)(H,28,31)/t16-,17+,20-,24?/m0/s1. The van der Waals surface area contributed by atoms with E-state index in [1.54, 1.807) is 31.2 Å². The lowest BCUT2D eigenvalue weighted by atomic mass is 9.85. The van der Waals surface area contributed by atoms with E-state index >= 15 is 0 Å². The Hall–Kier alpha value is -2.43. The minimum absolute atomic E-state index is 0.0319. The van der Waals surface area contributed by atoms with E-state index in [1.807, 2.05) is 13.8 Å². The number of carbonyl (C=O) groups is 3. The summed E-state index contributed by atoms with van der Waals surface area (Å²) in [7, 11) is 0. The van der Waals surface area contributed by atoms with Crippen LogP contribution >= 0.6 is 11.6 Å². The largest absolute Gasteiger partial charge is 0.385 e. The molecule has 7 nitrogen and oxygen atoms in total. The molecule has 0 aromatic heterocycles. The van der Waals surface area contributed by atoms with Gasteiger partial charge in [0.25, 0.3) is 0 Å². The number of halogens is 1. The molecule has 0 bridgehead atoms. The summed E-state index contributed by atoms with van der Waals surface area (Å²) in [6.07, 6.45) is 1.20. The maximum absolute atomic E-state index is 12.9. The van der Waals surface area contributed by atoms with Crippen LogP contribution in [0.4, 0.5) is 0 Å². The summed E-state index contributed by atoms with van der Waals surface area (Å²) in [6, 6.07) is 7.91. The summed E-state index contributed by atoms with van der Waals surface area (Å²) >= 11 is 5.90. The fraction of sp³-hybridized carbons (Fsp3) is 0.583. The van der Waals surface area contributed by atoms with Crippen molar-refractivity contribution in [1.29, 1.82) is 5.26 Å². The van der Waals surface area contributed by atoms with Crippen molar-refractivity contribution in [3.63, 3.8) is 0 Å². The maximum atomic E-state index is 12.9. The highest BCUT2D eigenvalue weighted by molar-refractivity contribution is 6.30. The summed E-state index contributed by atoms with van der Waals surface area (Å²) in [6.45, 7) is 6.05. The van der Waals surface area contributed by atoms with Gasteiger partial charge >= 0.3 is 0 Å². The van der Waals surface area contributed by atoms with Crippen molar-refractivity contribution in [2.24, 2.45) is 17.8 Å². The first-order chi connectivity index (χ1) is 15.0. The molecule has 3 N–H and O–H groups in total. The van der Waals surface area contributed by atoms with Crippen molar-refractivity contribution in [1.82, 2.24) is 10.6 Å². The lowest BCUT2D eigenvalue weighted by Crippen LogP contribution is -2.41. The van der Waals surface area contributed by atoms with Crippen LogP contribution in [0.25, 0.3) is 0 Å². The van der Waals surface area contributed by atoms with Crippen LogP contribution in [-0.4, -0.2) is 35.3 Å². The highest BCUT2D eigenvalue weighted by Gasteiger charge is 2.32. The van der Waals surface area contributed by atoms with Gasteiger partial charge in [-0.1, -0.05) is 37.6 Å². The molecule has 0 spiro atoms. The van der Waals surface area contributed by atoms with Crippen molar-refractivity contribution in [2.75, 3.05) is 6.54 Å². The van der Waals surface area contributed by atoms with E-state index in [4.69, 9.17) is 11.6 Å². The molecule has 1 saturated heterocycles. The predicted molar refractivity (Wildman–Crippen MR) is 121 cm³/mol. The van der Waals surface area contributed by atoms with Crippen LogP contribution in [0.5, 0.6) is 0 Å². The van der Waals surface area contributed by atoms with Gasteiger partial charge in [0, 0.05) is 36.2 Å². The van der Waals surface area contributed by atoms with Gasteiger partial charge in [-0.3, -0.25) is 14.4 Å². The minimum Gasteiger partial charge on any atom is -0.385 e. The van der Waals surface area contributed by atoms with E-state index in [9.17, 15) is 24.8 Å². The number of benzene rings is 1. The van der Waals surface area contributed by atoms with E-state index in [-0.39, 0.29) is 48.7 Å². The summed E-state index contributed by atoms with van der Waals surface area (Å²) in [4.78, 5) is 37.5. The predicted octanol–water partition coefficient (Wildman–Crippen LogP) is 3.09. The number of carbonyl (C=O) groups excluding carboxylic acids is 3. The number of hydrogen-bond donors (Lipinski definition) is 3. The topological polar surface area (TPSA) is 119 Å². The molecule has 0 radical (unpaired) electrons. The monoisotopic (exact) mass is 461 g/mol. The molecule has 0 saturated carbocycles. The Bertz CT molecular complexity index is 861.